The van der Waals surface area contributed by atoms with E-state index in [1.807, 2.05) is 30.3 Å². The van der Waals surface area contributed by atoms with E-state index >= 15 is 0 Å². The summed E-state index contributed by atoms with van der Waals surface area (Å²) in [6, 6.07) is 14.6. The van der Waals surface area contributed by atoms with E-state index in [1.54, 1.807) is 18.2 Å². The highest BCUT2D eigenvalue weighted by atomic mass is 32.2. The lowest BCUT2D eigenvalue weighted by Crippen LogP contribution is -2.13. The number of aromatic amines is 1. The fourth-order valence-corrected chi connectivity index (χ4v) is 3.01. The number of carbonyl (C=O) groups is 1. The second-order valence-corrected chi connectivity index (χ2v) is 5.75. The highest BCUT2D eigenvalue weighted by molar-refractivity contribution is 7.99. The van der Waals surface area contributed by atoms with Crippen LogP contribution in [0.1, 0.15) is 10.5 Å². The second-order valence-electron chi connectivity index (χ2n) is 4.61. The van der Waals surface area contributed by atoms with E-state index in [2.05, 4.69) is 4.98 Å². The van der Waals surface area contributed by atoms with E-state index < -0.39 is 23.0 Å². The molecule has 110 valence electrons. The van der Waals surface area contributed by atoms with Crippen molar-refractivity contribution in [1.82, 2.24) is 4.98 Å². The molecule has 0 fully saturated rings. The van der Waals surface area contributed by atoms with Gasteiger partial charge in [0.05, 0.1) is 5.39 Å². The van der Waals surface area contributed by atoms with Crippen LogP contribution in [0.2, 0.25) is 0 Å². The number of carboxylic acid groups (broad SMARTS) is 1. The average molecular weight is 313 g/mol. The summed E-state index contributed by atoms with van der Waals surface area (Å²) in [7, 11) is 0. The summed E-state index contributed by atoms with van der Waals surface area (Å²) < 4.78 is 0. The maximum absolute atomic E-state index is 11.9. The molecule has 0 saturated carbocycles. The molecule has 3 aromatic rings. The number of carboxylic acids is 1. The van der Waals surface area contributed by atoms with Crippen LogP contribution in [-0.4, -0.2) is 21.2 Å². The third-order valence-corrected chi connectivity index (χ3v) is 4.16. The van der Waals surface area contributed by atoms with Gasteiger partial charge in [0.15, 0.2) is 11.4 Å². The SMILES string of the molecule is O=C(O)c1[nH]c(=O)c2ccc(Sc3ccccc3)cc2c1O. The number of benzene rings is 2. The van der Waals surface area contributed by atoms with E-state index in [1.165, 1.54) is 11.8 Å². The Kier molecular flexibility index (Phi) is 3.60. The van der Waals surface area contributed by atoms with Crippen molar-refractivity contribution in [3.63, 3.8) is 0 Å². The number of fused-ring (bicyclic) bond motifs is 1. The maximum Gasteiger partial charge on any atom is 0.356 e. The van der Waals surface area contributed by atoms with Crippen molar-refractivity contribution in [1.29, 1.82) is 0 Å². The first-order chi connectivity index (χ1) is 10.6. The Balaban J connectivity index is 2.14. The summed E-state index contributed by atoms with van der Waals surface area (Å²) in [5.41, 5.74) is -1.04. The monoisotopic (exact) mass is 313 g/mol. The van der Waals surface area contributed by atoms with Crippen LogP contribution >= 0.6 is 11.8 Å². The van der Waals surface area contributed by atoms with Gasteiger partial charge in [-0.15, -0.1) is 0 Å². The molecule has 6 heteroatoms. The summed E-state index contributed by atoms with van der Waals surface area (Å²) in [6.45, 7) is 0. The Morgan fingerprint density at radius 1 is 1.00 bits per heavy atom. The number of aromatic hydroxyl groups is 1. The zero-order valence-corrected chi connectivity index (χ0v) is 12.1. The number of H-pyrrole nitrogens is 1. The normalized spacial score (nSPS) is 10.7. The molecule has 0 aliphatic carbocycles. The lowest BCUT2D eigenvalue weighted by atomic mass is 10.1. The molecule has 1 heterocycles. The van der Waals surface area contributed by atoms with Crippen molar-refractivity contribution in [3.05, 3.63) is 64.6 Å². The Bertz CT molecular complexity index is 919. The van der Waals surface area contributed by atoms with Gasteiger partial charge in [-0.1, -0.05) is 30.0 Å². The summed E-state index contributed by atoms with van der Waals surface area (Å²) in [5.74, 6) is -1.81. The minimum atomic E-state index is -1.38. The molecule has 5 nitrogen and oxygen atoms in total. The van der Waals surface area contributed by atoms with E-state index in [9.17, 15) is 14.7 Å². The zero-order valence-electron chi connectivity index (χ0n) is 11.2. The Morgan fingerprint density at radius 3 is 2.41 bits per heavy atom. The molecule has 0 radical (unpaired) electrons. The maximum atomic E-state index is 11.9. The van der Waals surface area contributed by atoms with Crippen LogP contribution < -0.4 is 5.56 Å². The molecule has 22 heavy (non-hydrogen) atoms. The minimum absolute atomic E-state index is 0.224. The molecular formula is C16H11NO4S. The highest BCUT2D eigenvalue weighted by Gasteiger charge is 2.16. The van der Waals surface area contributed by atoms with Gasteiger partial charge < -0.3 is 15.2 Å². The molecule has 0 unspecified atom stereocenters. The van der Waals surface area contributed by atoms with Crippen molar-refractivity contribution in [2.45, 2.75) is 9.79 Å². The third kappa shape index (κ3) is 2.56. The smallest absolute Gasteiger partial charge is 0.356 e. The van der Waals surface area contributed by atoms with Crippen molar-refractivity contribution >= 4 is 28.5 Å². The first-order valence-electron chi connectivity index (χ1n) is 6.41. The number of aromatic nitrogens is 1. The van der Waals surface area contributed by atoms with Gasteiger partial charge in [-0.05, 0) is 30.3 Å². The Hall–Kier alpha value is -2.73. The van der Waals surface area contributed by atoms with Crippen LogP contribution in [0.15, 0.2) is 63.1 Å². The van der Waals surface area contributed by atoms with Gasteiger partial charge in [0.25, 0.3) is 5.56 Å². The second kappa shape index (κ2) is 5.57. The molecular weight excluding hydrogens is 302 g/mol. The zero-order chi connectivity index (χ0) is 15.7. The standard InChI is InChI=1S/C16H11NO4S/c18-14-12-8-10(22-9-4-2-1-3-5-9)6-7-11(12)15(19)17-13(14)16(20)21/h1-8,18H,(H,17,19)(H,20,21). The fraction of sp³-hybridized carbons (Fsp3) is 0. The van der Waals surface area contributed by atoms with Crippen LogP contribution in [0.5, 0.6) is 5.75 Å². The molecule has 0 aliphatic heterocycles. The summed E-state index contributed by atoms with van der Waals surface area (Å²) in [5, 5.41) is 19.6. The van der Waals surface area contributed by atoms with E-state index in [4.69, 9.17) is 5.11 Å². The van der Waals surface area contributed by atoms with E-state index in [-0.39, 0.29) is 10.8 Å². The topological polar surface area (TPSA) is 90.4 Å². The number of hydrogen-bond donors (Lipinski definition) is 3. The van der Waals surface area contributed by atoms with Gasteiger partial charge in [-0.3, -0.25) is 4.79 Å². The number of pyridine rings is 1. The van der Waals surface area contributed by atoms with Crippen molar-refractivity contribution in [2.75, 3.05) is 0 Å². The van der Waals surface area contributed by atoms with Crippen molar-refractivity contribution in [3.8, 4) is 5.75 Å². The van der Waals surface area contributed by atoms with Crippen molar-refractivity contribution in [2.24, 2.45) is 0 Å². The van der Waals surface area contributed by atoms with Gasteiger partial charge in [0, 0.05) is 15.2 Å². The lowest BCUT2D eigenvalue weighted by Gasteiger charge is -2.07. The van der Waals surface area contributed by atoms with Gasteiger partial charge in [0.2, 0.25) is 0 Å². The van der Waals surface area contributed by atoms with E-state index in [0.717, 1.165) is 9.79 Å². The van der Waals surface area contributed by atoms with Crippen LogP contribution in [0.3, 0.4) is 0 Å². The van der Waals surface area contributed by atoms with Crippen molar-refractivity contribution < 1.29 is 15.0 Å². The number of aromatic carboxylic acids is 1. The number of hydrogen-bond acceptors (Lipinski definition) is 4. The van der Waals surface area contributed by atoms with Gasteiger partial charge in [-0.25, -0.2) is 4.79 Å². The fourth-order valence-electron chi connectivity index (χ4n) is 2.13. The molecule has 0 spiro atoms. The molecule has 0 saturated heterocycles. The number of rotatable bonds is 3. The van der Waals surface area contributed by atoms with Crippen LogP contribution in [-0.2, 0) is 0 Å². The molecule has 2 aromatic carbocycles. The molecule has 1 aromatic heterocycles. The summed E-state index contributed by atoms with van der Waals surface area (Å²) in [6.07, 6.45) is 0. The van der Waals surface area contributed by atoms with Crippen LogP contribution in [0.25, 0.3) is 10.8 Å². The Morgan fingerprint density at radius 2 is 1.73 bits per heavy atom. The highest BCUT2D eigenvalue weighted by Crippen LogP contribution is 2.32. The molecule has 0 amide bonds. The molecule has 0 aliphatic rings. The van der Waals surface area contributed by atoms with Crippen LogP contribution in [0.4, 0.5) is 0 Å². The molecule has 3 N–H and O–H groups in total. The molecule has 3 rings (SSSR count). The molecule has 0 bridgehead atoms. The minimum Gasteiger partial charge on any atom is -0.505 e. The largest absolute Gasteiger partial charge is 0.505 e. The Labute approximate surface area is 129 Å². The van der Waals surface area contributed by atoms with E-state index in [0.29, 0.717) is 0 Å². The lowest BCUT2D eigenvalue weighted by molar-refractivity contribution is 0.0687. The quantitative estimate of drug-likeness (QED) is 0.691. The first-order valence-corrected chi connectivity index (χ1v) is 7.23. The van der Waals surface area contributed by atoms with Crippen LogP contribution in [0, 0.1) is 0 Å². The van der Waals surface area contributed by atoms with Gasteiger partial charge in [-0.2, -0.15) is 0 Å². The average Bonchev–Trinajstić information content (AvgIpc) is 2.51. The van der Waals surface area contributed by atoms with Gasteiger partial charge >= 0.3 is 5.97 Å². The predicted molar refractivity (Wildman–Crippen MR) is 83.8 cm³/mol. The molecule has 0 atom stereocenters. The van der Waals surface area contributed by atoms with Gasteiger partial charge in [0.1, 0.15) is 0 Å². The third-order valence-electron chi connectivity index (χ3n) is 3.16. The summed E-state index contributed by atoms with van der Waals surface area (Å²) in [4.78, 5) is 26.9. The summed E-state index contributed by atoms with van der Waals surface area (Å²) >= 11 is 1.46. The number of nitrogens with one attached hydrogen (secondary N) is 1. The first kappa shape index (κ1) is 14.2. The predicted octanol–water partition coefficient (Wildman–Crippen LogP) is 3.08.